The van der Waals surface area contributed by atoms with E-state index < -0.39 is 0 Å². The molecule has 0 aliphatic carbocycles. The van der Waals surface area contributed by atoms with Crippen molar-refractivity contribution in [2.24, 2.45) is 0 Å². The summed E-state index contributed by atoms with van der Waals surface area (Å²) >= 11 is 3.44. The molecule has 1 fully saturated rings. The van der Waals surface area contributed by atoms with Gasteiger partial charge in [-0.05, 0) is 34.5 Å². The predicted molar refractivity (Wildman–Crippen MR) is 59.7 cm³/mol. The first-order valence-electron chi connectivity index (χ1n) is 4.60. The van der Waals surface area contributed by atoms with E-state index in [0.29, 0.717) is 6.10 Å². The Hall–Kier alpha value is -0.610. The molecule has 1 saturated heterocycles. The van der Waals surface area contributed by atoms with E-state index in [4.69, 9.17) is 4.74 Å². The number of anilines is 1. The van der Waals surface area contributed by atoms with Gasteiger partial charge >= 0.3 is 0 Å². The standard InChI is InChI=1S/C10H13BrN2O/c1-7-3-10(12-4-9(7)11)13-5-8(6-13)14-2/h3-4,8H,5-6H2,1-2H3. The van der Waals surface area contributed by atoms with E-state index in [1.54, 1.807) is 7.11 Å². The highest BCUT2D eigenvalue weighted by Crippen LogP contribution is 2.24. The lowest BCUT2D eigenvalue weighted by Crippen LogP contribution is -2.52. The van der Waals surface area contributed by atoms with Gasteiger partial charge in [-0.1, -0.05) is 0 Å². The number of aromatic nitrogens is 1. The quantitative estimate of drug-likeness (QED) is 0.810. The minimum atomic E-state index is 0.376. The van der Waals surface area contributed by atoms with Gasteiger partial charge in [-0.3, -0.25) is 0 Å². The van der Waals surface area contributed by atoms with E-state index in [9.17, 15) is 0 Å². The number of nitrogens with zero attached hydrogens (tertiary/aromatic N) is 2. The molecule has 2 rings (SSSR count). The molecule has 76 valence electrons. The molecule has 3 nitrogen and oxygen atoms in total. The first-order valence-corrected chi connectivity index (χ1v) is 5.40. The van der Waals surface area contributed by atoms with E-state index >= 15 is 0 Å². The molecule has 1 aliphatic heterocycles. The molecule has 0 N–H and O–H groups in total. The maximum absolute atomic E-state index is 5.21. The zero-order chi connectivity index (χ0) is 10.1. The van der Waals surface area contributed by atoms with Crippen molar-refractivity contribution in [1.29, 1.82) is 0 Å². The summed E-state index contributed by atoms with van der Waals surface area (Å²) in [4.78, 5) is 6.57. The summed E-state index contributed by atoms with van der Waals surface area (Å²) in [7, 11) is 1.75. The number of methoxy groups -OCH3 is 1. The van der Waals surface area contributed by atoms with Crippen LogP contribution < -0.4 is 4.90 Å². The van der Waals surface area contributed by atoms with Crippen molar-refractivity contribution in [3.05, 3.63) is 22.3 Å². The van der Waals surface area contributed by atoms with Crippen molar-refractivity contribution in [1.82, 2.24) is 4.98 Å². The maximum atomic E-state index is 5.21. The fourth-order valence-electron chi connectivity index (χ4n) is 1.47. The Labute approximate surface area is 92.2 Å². The zero-order valence-corrected chi connectivity index (χ0v) is 9.91. The highest BCUT2D eigenvalue weighted by molar-refractivity contribution is 9.10. The van der Waals surface area contributed by atoms with Crippen LogP contribution in [0.5, 0.6) is 0 Å². The Morgan fingerprint density at radius 3 is 2.86 bits per heavy atom. The molecule has 1 aliphatic rings. The second-order valence-electron chi connectivity index (χ2n) is 3.55. The molecule has 0 unspecified atom stereocenters. The van der Waals surface area contributed by atoms with Gasteiger partial charge in [0, 0.05) is 30.9 Å². The molecular weight excluding hydrogens is 244 g/mol. The van der Waals surface area contributed by atoms with Crippen molar-refractivity contribution < 1.29 is 4.74 Å². The van der Waals surface area contributed by atoms with E-state index in [2.05, 4.69) is 38.8 Å². The largest absolute Gasteiger partial charge is 0.378 e. The van der Waals surface area contributed by atoms with Crippen LogP contribution in [0.1, 0.15) is 5.56 Å². The first kappa shape index (κ1) is 9.93. The molecule has 0 radical (unpaired) electrons. The number of ether oxygens (including phenoxy) is 1. The minimum Gasteiger partial charge on any atom is -0.378 e. The average Bonchev–Trinajstić information content (AvgIpc) is 2.09. The second-order valence-corrected chi connectivity index (χ2v) is 4.41. The van der Waals surface area contributed by atoms with Crippen molar-refractivity contribution in [2.45, 2.75) is 13.0 Å². The molecule has 1 aromatic heterocycles. The van der Waals surface area contributed by atoms with E-state index in [1.165, 1.54) is 5.56 Å². The van der Waals surface area contributed by atoms with Gasteiger partial charge in [0.05, 0.1) is 6.10 Å². The number of hydrogen-bond donors (Lipinski definition) is 0. The molecule has 0 spiro atoms. The monoisotopic (exact) mass is 256 g/mol. The number of aryl methyl sites for hydroxylation is 1. The van der Waals surface area contributed by atoms with Gasteiger partial charge in [0.1, 0.15) is 5.82 Å². The van der Waals surface area contributed by atoms with Crippen molar-refractivity contribution in [2.75, 3.05) is 25.1 Å². The summed E-state index contributed by atoms with van der Waals surface area (Å²) in [6, 6.07) is 2.09. The van der Waals surface area contributed by atoms with Gasteiger partial charge in [-0.2, -0.15) is 0 Å². The van der Waals surface area contributed by atoms with Crippen LogP contribution in [-0.4, -0.2) is 31.3 Å². The van der Waals surface area contributed by atoms with E-state index in [-0.39, 0.29) is 0 Å². The lowest BCUT2D eigenvalue weighted by molar-refractivity contribution is 0.0783. The van der Waals surface area contributed by atoms with Crippen molar-refractivity contribution in [3.63, 3.8) is 0 Å². The smallest absolute Gasteiger partial charge is 0.128 e. The summed E-state index contributed by atoms with van der Waals surface area (Å²) in [5, 5.41) is 0. The van der Waals surface area contributed by atoms with Crippen LogP contribution in [0.4, 0.5) is 5.82 Å². The topological polar surface area (TPSA) is 25.4 Å². The second kappa shape index (κ2) is 3.87. The van der Waals surface area contributed by atoms with Gasteiger partial charge in [0.25, 0.3) is 0 Å². The predicted octanol–water partition coefficient (Wildman–Crippen LogP) is 1.99. The van der Waals surface area contributed by atoms with Gasteiger partial charge in [-0.15, -0.1) is 0 Å². The molecule has 0 amide bonds. The third kappa shape index (κ3) is 1.77. The number of halogens is 1. The summed E-state index contributed by atoms with van der Waals surface area (Å²) in [6.07, 6.45) is 2.23. The lowest BCUT2D eigenvalue weighted by atomic mass is 10.1. The third-order valence-electron chi connectivity index (χ3n) is 2.54. The van der Waals surface area contributed by atoms with Crippen molar-refractivity contribution >= 4 is 21.7 Å². The molecule has 0 aromatic carbocycles. The van der Waals surface area contributed by atoms with Crippen LogP contribution in [0.3, 0.4) is 0 Å². The number of pyridine rings is 1. The Bertz CT molecular complexity index is 337. The summed E-state index contributed by atoms with van der Waals surface area (Å²) < 4.78 is 6.27. The minimum absolute atomic E-state index is 0.376. The SMILES string of the molecule is COC1CN(c2cc(C)c(Br)cn2)C1. The van der Waals surface area contributed by atoms with E-state index in [0.717, 1.165) is 23.4 Å². The van der Waals surface area contributed by atoms with Crippen LogP contribution in [0.25, 0.3) is 0 Å². The molecule has 2 heterocycles. The van der Waals surface area contributed by atoms with Gasteiger partial charge in [0.2, 0.25) is 0 Å². The lowest BCUT2D eigenvalue weighted by Gasteiger charge is -2.39. The summed E-state index contributed by atoms with van der Waals surface area (Å²) in [5.74, 6) is 1.04. The fraction of sp³-hybridized carbons (Fsp3) is 0.500. The Kier molecular flexibility index (Phi) is 2.74. The Morgan fingerprint density at radius 2 is 2.29 bits per heavy atom. The van der Waals surface area contributed by atoms with Crippen LogP contribution in [0, 0.1) is 6.92 Å². The fourth-order valence-corrected chi connectivity index (χ4v) is 1.69. The first-order chi connectivity index (χ1) is 6.70. The molecule has 0 atom stereocenters. The van der Waals surface area contributed by atoms with Crippen LogP contribution in [0.15, 0.2) is 16.7 Å². The summed E-state index contributed by atoms with van der Waals surface area (Å²) in [6.45, 7) is 3.97. The maximum Gasteiger partial charge on any atom is 0.128 e. The molecule has 1 aromatic rings. The van der Waals surface area contributed by atoms with Crippen LogP contribution in [-0.2, 0) is 4.74 Å². The highest BCUT2D eigenvalue weighted by Gasteiger charge is 2.27. The van der Waals surface area contributed by atoms with Crippen LogP contribution in [0.2, 0.25) is 0 Å². The Morgan fingerprint density at radius 1 is 1.57 bits per heavy atom. The molecule has 0 bridgehead atoms. The average molecular weight is 257 g/mol. The normalized spacial score (nSPS) is 16.9. The number of hydrogen-bond acceptors (Lipinski definition) is 3. The highest BCUT2D eigenvalue weighted by atomic mass is 79.9. The molecule has 4 heteroatoms. The molecule has 0 saturated carbocycles. The zero-order valence-electron chi connectivity index (χ0n) is 8.33. The Balaban J connectivity index is 2.08. The van der Waals surface area contributed by atoms with Gasteiger partial charge < -0.3 is 9.64 Å². The molecule has 14 heavy (non-hydrogen) atoms. The van der Waals surface area contributed by atoms with Crippen LogP contribution >= 0.6 is 15.9 Å². The summed E-state index contributed by atoms with van der Waals surface area (Å²) in [5.41, 5.74) is 1.22. The third-order valence-corrected chi connectivity index (χ3v) is 3.37. The van der Waals surface area contributed by atoms with Gasteiger partial charge in [0.15, 0.2) is 0 Å². The van der Waals surface area contributed by atoms with Gasteiger partial charge in [-0.25, -0.2) is 4.98 Å². The van der Waals surface area contributed by atoms with Crippen molar-refractivity contribution in [3.8, 4) is 0 Å². The number of rotatable bonds is 2. The van der Waals surface area contributed by atoms with E-state index in [1.807, 2.05) is 6.20 Å². The molecular formula is C10H13BrN2O.